The van der Waals surface area contributed by atoms with Crippen LogP contribution >= 0.6 is 0 Å². The van der Waals surface area contributed by atoms with E-state index in [1.165, 1.54) is 218 Å². The first-order valence-electron chi connectivity index (χ1n) is 20.6. The van der Waals surface area contributed by atoms with E-state index in [2.05, 4.69) is 44.7 Å². The van der Waals surface area contributed by atoms with Gasteiger partial charge in [0.05, 0.1) is 0 Å². The summed E-state index contributed by atoms with van der Waals surface area (Å²) in [6.07, 6.45) is 47.0. The highest BCUT2D eigenvalue weighted by Crippen LogP contribution is 2.21. The molecule has 0 rings (SSSR count). The van der Waals surface area contributed by atoms with Crippen molar-refractivity contribution >= 4 is 16.5 Å². The van der Waals surface area contributed by atoms with Crippen LogP contribution in [0.2, 0.25) is 38.3 Å². The lowest BCUT2D eigenvalue weighted by Crippen LogP contribution is -2.58. The maximum Gasteiger partial charge on any atom is 0.112 e. The van der Waals surface area contributed by atoms with Gasteiger partial charge in [-0.2, -0.15) is 0 Å². The lowest BCUT2D eigenvalue weighted by Gasteiger charge is -2.35. The number of hydrogen-bond donors (Lipinski definition) is 1. The highest BCUT2D eigenvalue weighted by molar-refractivity contribution is 6.91. The van der Waals surface area contributed by atoms with Crippen molar-refractivity contribution in [3.63, 3.8) is 0 Å². The number of hydrogen-bond acceptors (Lipinski definition) is 1. The molecule has 0 aromatic rings. The van der Waals surface area contributed by atoms with E-state index in [1.807, 2.05) is 0 Å². The molecule has 0 aliphatic heterocycles. The van der Waals surface area contributed by atoms with E-state index in [1.54, 1.807) is 0 Å². The first-order valence-corrected chi connectivity index (χ1v) is 27.0. The summed E-state index contributed by atoms with van der Waals surface area (Å²) in [5.41, 5.74) is 0. The first kappa shape index (κ1) is 43.4. The monoisotopic (exact) mass is 638 g/mol. The van der Waals surface area contributed by atoms with Gasteiger partial charge in [-0.25, -0.2) is 0 Å². The Morgan fingerprint density at radius 1 is 0.256 bits per heavy atom. The number of unbranched alkanes of at least 4 members (excludes halogenated alkanes) is 30. The molecule has 0 saturated heterocycles. The predicted octanol–water partition coefficient (Wildman–Crippen LogP) is 15.5. The van der Waals surface area contributed by atoms with Crippen LogP contribution in [0, 0.1) is 0 Å². The van der Waals surface area contributed by atoms with E-state index in [0.29, 0.717) is 0 Å². The normalized spacial score (nSPS) is 12.4. The summed E-state index contributed by atoms with van der Waals surface area (Å²) < 4.78 is 4.31. The van der Waals surface area contributed by atoms with Crippen LogP contribution in [0.25, 0.3) is 0 Å². The third kappa shape index (κ3) is 35.1. The van der Waals surface area contributed by atoms with Crippen molar-refractivity contribution in [2.45, 2.75) is 258 Å². The molecule has 0 aliphatic rings. The Kier molecular flexibility index (Phi) is 32.6. The minimum atomic E-state index is -1.24. The molecule has 3 heteroatoms. The van der Waals surface area contributed by atoms with Crippen molar-refractivity contribution in [2.24, 2.45) is 0 Å². The summed E-state index contributed by atoms with van der Waals surface area (Å²) in [5.74, 6) is 0. The van der Waals surface area contributed by atoms with Crippen molar-refractivity contribution in [1.29, 1.82) is 0 Å². The lowest BCUT2D eigenvalue weighted by atomic mass is 10.0. The van der Waals surface area contributed by atoms with Crippen LogP contribution < -0.4 is 4.65 Å². The summed E-state index contributed by atoms with van der Waals surface area (Å²) in [5, 5.41) is 0. The van der Waals surface area contributed by atoms with Gasteiger partial charge in [-0.3, -0.25) is 0 Å². The molecule has 43 heavy (non-hydrogen) atoms. The molecule has 0 atom stereocenters. The summed E-state index contributed by atoms with van der Waals surface area (Å²) >= 11 is 0. The Hall–Kier alpha value is 0.394. The third-order valence-corrected chi connectivity index (χ3v) is 18.6. The SMILES string of the molecule is CCCCCCCCCCCCCCCCCC[Si](C)(C)N[Si](C)(C)CCCCCCCCCCCCCCCCCC. The Morgan fingerprint density at radius 3 is 0.605 bits per heavy atom. The third-order valence-electron chi connectivity index (χ3n) is 9.99. The van der Waals surface area contributed by atoms with Crippen LogP contribution in [-0.2, 0) is 0 Å². The average molecular weight is 638 g/mol. The second-order valence-electron chi connectivity index (χ2n) is 16.0. The molecule has 1 N–H and O–H groups in total. The lowest BCUT2D eigenvalue weighted by molar-refractivity contribution is 0.531. The molecule has 0 radical (unpaired) electrons. The molecule has 0 heterocycles. The summed E-state index contributed by atoms with van der Waals surface area (Å²) in [6.45, 7) is 15.1. The minimum absolute atomic E-state index is 1.24. The van der Waals surface area contributed by atoms with Crippen molar-refractivity contribution in [2.75, 3.05) is 0 Å². The van der Waals surface area contributed by atoms with E-state index >= 15 is 0 Å². The molecule has 1 nitrogen and oxygen atoms in total. The van der Waals surface area contributed by atoms with Gasteiger partial charge in [0, 0.05) is 0 Å². The molecule has 0 spiro atoms. The fourth-order valence-corrected chi connectivity index (χ4v) is 17.9. The molecule has 0 aromatic heterocycles. The van der Waals surface area contributed by atoms with Crippen molar-refractivity contribution in [3.8, 4) is 0 Å². The highest BCUT2D eigenvalue weighted by atomic mass is 28.4. The topological polar surface area (TPSA) is 12.0 Å². The Balaban J connectivity index is 3.51. The van der Waals surface area contributed by atoms with E-state index in [9.17, 15) is 0 Å². The summed E-state index contributed by atoms with van der Waals surface area (Å²) in [6, 6.07) is 2.97. The van der Waals surface area contributed by atoms with Crippen LogP contribution in [-0.4, -0.2) is 16.5 Å². The molecule has 0 saturated carbocycles. The molecule has 0 aromatic carbocycles. The van der Waals surface area contributed by atoms with Crippen molar-refractivity contribution in [3.05, 3.63) is 0 Å². The zero-order valence-electron chi connectivity index (χ0n) is 31.5. The van der Waals surface area contributed by atoms with Crippen LogP contribution in [0.1, 0.15) is 219 Å². The van der Waals surface area contributed by atoms with Gasteiger partial charge in [0.2, 0.25) is 0 Å². The quantitative estimate of drug-likeness (QED) is 0.0532. The van der Waals surface area contributed by atoms with Gasteiger partial charge >= 0.3 is 0 Å². The molecule has 0 unspecified atom stereocenters. The fourth-order valence-electron chi connectivity index (χ4n) is 7.27. The molecule has 0 fully saturated rings. The second kappa shape index (κ2) is 32.3. The van der Waals surface area contributed by atoms with Crippen LogP contribution in [0.4, 0.5) is 0 Å². The van der Waals surface area contributed by atoms with Gasteiger partial charge < -0.3 is 4.65 Å². The van der Waals surface area contributed by atoms with E-state index in [4.69, 9.17) is 0 Å². The average Bonchev–Trinajstić information content (AvgIpc) is 2.96. The van der Waals surface area contributed by atoms with E-state index in [-0.39, 0.29) is 0 Å². The van der Waals surface area contributed by atoms with E-state index in [0.717, 1.165) is 0 Å². The Morgan fingerprint density at radius 2 is 0.419 bits per heavy atom. The van der Waals surface area contributed by atoms with E-state index < -0.39 is 16.5 Å². The van der Waals surface area contributed by atoms with Gasteiger partial charge in [-0.05, 0) is 12.1 Å². The Labute approximate surface area is 277 Å². The van der Waals surface area contributed by atoms with Crippen molar-refractivity contribution < 1.29 is 0 Å². The number of rotatable bonds is 36. The standard InChI is InChI=1S/C40H87NSi2/c1-7-9-11-13-15-17-19-21-23-25-27-29-31-33-35-37-39-42(3,4)41-43(5,6)40-38-36-34-32-30-28-26-24-22-20-18-16-14-12-10-8-2/h41H,7-40H2,1-6H3. The molecule has 0 aliphatic carbocycles. The highest BCUT2D eigenvalue weighted by Gasteiger charge is 2.30. The number of nitrogens with one attached hydrogen (secondary N) is 1. The summed E-state index contributed by atoms with van der Waals surface area (Å²) in [4.78, 5) is 0. The predicted molar refractivity (Wildman–Crippen MR) is 207 cm³/mol. The first-order chi connectivity index (χ1) is 20.8. The van der Waals surface area contributed by atoms with Gasteiger partial charge in [0.1, 0.15) is 16.5 Å². The van der Waals surface area contributed by atoms with Crippen LogP contribution in [0.3, 0.4) is 0 Å². The Bertz CT molecular complexity index is 487. The van der Waals surface area contributed by atoms with Gasteiger partial charge in [-0.15, -0.1) is 0 Å². The minimum Gasteiger partial charge on any atom is -0.359 e. The summed E-state index contributed by atoms with van der Waals surface area (Å²) in [7, 11) is -2.49. The maximum atomic E-state index is 4.31. The smallest absolute Gasteiger partial charge is 0.112 e. The van der Waals surface area contributed by atoms with Gasteiger partial charge in [0.25, 0.3) is 0 Å². The van der Waals surface area contributed by atoms with Gasteiger partial charge in [0.15, 0.2) is 0 Å². The molecular weight excluding hydrogens is 551 g/mol. The maximum absolute atomic E-state index is 4.31. The van der Waals surface area contributed by atoms with Crippen LogP contribution in [0.15, 0.2) is 0 Å². The zero-order chi connectivity index (χ0) is 31.7. The molecule has 260 valence electrons. The molecular formula is C40H87NSi2. The van der Waals surface area contributed by atoms with Crippen molar-refractivity contribution in [1.82, 2.24) is 4.65 Å². The molecule has 0 bridgehead atoms. The largest absolute Gasteiger partial charge is 0.359 e. The van der Waals surface area contributed by atoms with Crippen LogP contribution in [0.5, 0.6) is 0 Å². The fraction of sp³-hybridized carbons (Fsp3) is 1.00. The molecule has 0 amide bonds. The van der Waals surface area contributed by atoms with Gasteiger partial charge in [-0.1, -0.05) is 246 Å². The second-order valence-corrected chi connectivity index (χ2v) is 25.5. The zero-order valence-corrected chi connectivity index (χ0v) is 33.5.